The second-order valence-electron chi connectivity index (χ2n) is 3.65. The molecule has 4 heteroatoms. The minimum atomic E-state index is -1.44. The third-order valence-corrected chi connectivity index (χ3v) is 3.51. The van der Waals surface area contributed by atoms with E-state index >= 15 is 0 Å². The highest BCUT2D eigenvalue weighted by Crippen LogP contribution is 2.19. The predicted molar refractivity (Wildman–Crippen MR) is 60.9 cm³/mol. The number of carbonyl (C=O) groups excluding carboxylic acids is 1. The van der Waals surface area contributed by atoms with Gasteiger partial charge in [-0.05, 0) is 31.9 Å². The third-order valence-electron chi connectivity index (χ3n) is 2.03. The molecule has 0 heterocycles. The second kappa shape index (κ2) is 4.57. The molecule has 0 radical (unpaired) electrons. The summed E-state index contributed by atoms with van der Waals surface area (Å²) in [5.74, 6) is -0.285. The molecule has 0 saturated carbocycles. The second-order valence-corrected chi connectivity index (χ2v) is 4.80. The van der Waals surface area contributed by atoms with E-state index < -0.39 is 11.0 Å². The van der Waals surface area contributed by atoms with Gasteiger partial charge in [-0.3, -0.25) is 9.52 Å². The van der Waals surface area contributed by atoms with E-state index in [1.54, 1.807) is 0 Å². The Kier molecular flexibility index (Phi) is 3.63. The number of carbonyl (C=O) groups is 1. The molecular formula is C11H15NO2S. The Morgan fingerprint density at radius 3 is 2.07 bits per heavy atom. The molecule has 0 aromatic heterocycles. The molecule has 0 aliphatic carbocycles. The largest absolute Gasteiger partial charge is 0.274 e. The van der Waals surface area contributed by atoms with Crippen molar-refractivity contribution < 1.29 is 9.00 Å². The Balaban J connectivity index is 3.14. The van der Waals surface area contributed by atoms with Gasteiger partial charge in [-0.2, -0.15) is 0 Å². The van der Waals surface area contributed by atoms with Crippen LogP contribution in [0.5, 0.6) is 0 Å². The van der Waals surface area contributed by atoms with E-state index in [4.69, 9.17) is 0 Å². The zero-order valence-corrected chi connectivity index (χ0v) is 10.2. The summed E-state index contributed by atoms with van der Waals surface area (Å²) in [5, 5.41) is 0. The fraction of sp³-hybridized carbons (Fsp3) is 0.364. The molecule has 0 aliphatic heterocycles. The molecular weight excluding hydrogens is 210 g/mol. The number of hydrogen-bond acceptors (Lipinski definition) is 2. The number of rotatable bonds is 2. The van der Waals surface area contributed by atoms with Gasteiger partial charge in [0, 0.05) is 6.92 Å². The van der Waals surface area contributed by atoms with Crippen molar-refractivity contribution in [2.24, 2.45) is 0 Å². The molecule has 0 fully saturated rings. The summed E-state index contributed by atoms with van der Waals surface area (Å²) in [6, 6.07) is 3.92. The van der Waals surface area contributed by atoms with Crippen LogP contribution < -0.4 is 4.72 Å². The maximum Gasteiger partial charge on any atom is 0.228 e. The minimum absolute atomic E-state index is 0.285. The molecule has 1 unspecified atom stereocenters. The van der Waals surface area contributed by atoms with Gasteiger partial charge in [-0.25, -0.2) is 4.21 Å². The third kappa shape index (κ3) is 2.89. The van der Waals surface area contributed by atoms with Crippen molar-refractivity contribution in [3.05, 3.63) is 28.8 Å². The quantitative estimate of drug-likeness (QED) is 0.833. The van der Waals surface area contributed by atoms with E-state index in [9.17, 15) is 9.00 Å². The van der Waals surface area contributed by atoms with E-state index in [-0.39, 0.29) is 5.91 Å². The highest BCUT2D eigenvalue weighted by atomic mass is 32.2. The lowest BCUT2D eigenvalue weighted by Crippen LogP contribution is -2.23. The molecule has 1 N–H and O–H groups in total. The molecule has 3 nitrogen and oxygen atoms in total. The standard InChI is InChI=1S/C11H15NO2S/c1-7-5-8(2)11(9(3)6-7)15(14)12-10(4)13/h5-6H,1-4H3,(H,12,13). The molecule has 1 rings (SSSR count). The Hall–Kier alpha value is -1.16. The number of benzene rings is 1. The number of nitrogens with one attached hydrogen (secondary N) is 1. The number of amides is 1. The molecule has 0 saturated heterocycles. The maximum atomic E-state index is 11.8. The lowest BCUT2D eigenvalue weighted by Gasteiger charge is -2.10. The van der Waals surface area contributed by atoms with Crippen molar-refractivity contribution in [1.29, 1.82) is 0 Å². The van der Waals surface area contributed by atoms with Gasteiger partial charge >= 0.3 is 0 Å². The van der Waals surface area contributed by atoms with Gasteiger partial charge in [0.1, 0.15) is 0 Å². The highest BCUT2D eigenvalue weighted by molar-refractivity contribution is 7.83. The van der Waals surface area contributed by atoms with Crippen molar-refractivity contribution in [2.45, 2.75) is 32.6 Å². The Bertz CT molecular complexity index is 404. The normalized spacial score (nSPS) is 12.3. The Morgan fingerprint density at radius 1 is 1.20 bits per heavy atom. The van der Waals surface area contributed by atoms with Gasteiger partial charge in [0.05, 0.1) is 4.90 Å². The van der Waals surface area contributed by atoms with E-state index in [0.717, 1.165) is 16.7 Å². The van der Waals surface area contributed by atoms with Crippen molar-refractivity contribution in [3.63, 3.8) is 0 Å². The van der Waals surface area contributed by atoms with Gasteiger partial charge < -0.3 is 0 Å². The summed E-state index contributed by atoms with van der Waals surface area (Å²) >= 11 is 0. The zero-order valence-electron chi connectivity index (χ0n) is 9.38. The van der Waals surface area contributed by atoms with Crippen LogP contribution in [-0.4, -0.2) is 10.1 Å². The van der Waals surface area contributed by atoms with Gasteiger partial charge in [0.2, 0.25) is 5.91 Å². The molecule has 0 spiro atoms. The van der Waals surface area contributed by atoms with Crippen LogP contribution in [0, 0.1) is 20.8 Å². The average molecular weight is 225 g/mol. The Morgan fingerprint density at radius 2 is 1.67 bits per heavy atom. The molecule has 1 aromatic rings. The van der Waals surface area contributed by atoms with Crippen LogP contribution in [0.25, 0.3) is 0 Å². The maximum absolute atomic E-state index is 11.8. The fourth-order valence-corrected chi connectivity index (χ4v) is 2.71. The molecule has 0 bridgehead atoms. The van der Waals surface area contributed by atoms with Crippen LogP contribution in [0.4, 0.5) is 0 Å². The fourth-order valence-electron chi connectivity index (χ4n) is 1.64. The van der Waals surface area contributed by atoms with Crippen LogP contribution in [0.2, 0.25) is 0 Å². The van der Waals surface area contributed by atoms with Gasteiger partial charge in [-0.1, -0.05) is 17.7 Å². The van der Waals surface area contributed by atoms with Crippen molar-refractivity contribution in [1.82, 2.24) is 4.72 Å². The molecule has 82 valence electrons. The molecule has 1 atom stereocenters. The van der Waals surface area contributed by atoms with E-state index in [1.807, 2.05) is 32.9 Å². The highest BCUT2D eigenvalue weighted by Gasteiger charge is 2.11. The van der Waals surface area contributed by atoms with Crippen molar-refractivity contribution >= 4 is 16.9 Å². The van der Waals surface area contributed by atoms with Crippen LogP contribution in [-0.2, 0) is 15.8 Å². The lowest BCUT2D eigenvalue weighted by atomic mass is 10.1. The zero-order chi connectivity index (χ0) is 11.6. The average Bonchev–Trinajstić information content (AvgIpc) is 1.99. The summed E-state index contributed by atoms with van der Waals surface area (Å²) < 4.78 is 14.2. The van der Waals surface area contributed by atoms with Crippen molar-refractivity contribution in [2.75, 3.05) is 0 Å². The first-order valence-electron chi connectivity index (χ1n) is 4.68. The summed E-state index contributed by atoms with van der Waals surface area (Å²) in [6.45, 7) is 7.14. The summed E-state index contributed by atoms with van der Waals surface area (Å²) in [4.78, 5) is 11.5. The first-order chi connectivity index (χ1) is 6.91. The van der Waals surface area contributed by atoms with Gasteiger partial charge in [0.15, 0.2) is 11.0 Å². The SMILES string of the molecule is CC(=O)NS(=O)c1c(C)cc(C)cc1C. The first-order valence-corrected chi connectivity index (χ1v) is 5.83. The minimum Gasteiger partial charge on any atom is -0.274 e. The molecule has 1 amide bonds. The molecule has 15 heavy (non-hydrogen) atoms. The van der Waals surface area contributed by atoms with E-state index in [2.05, 4.69) is 4.72 Å². The summed E-state index contributed by atoms with van der Waals surface area (Å²) in [7, 11) is -1.44. The summed E-state index contributed by atoms with van der Waals surface area (Å²) in [6.07, 6.45) is 0. The van der Waals surface area contributed by atoms with Crippen molar-refractivity contribution in [3.8, 4) is 0 Å². The summed E-state index contributed by atoms with van der Waals surface area (Å²) in [5.41, 5.74) is 3.02. The number of aryl methyl sites for hydroxylation is 3. The van der Waals surface area contributed by atoms with Crippen LogP contribution in [0.1, 0.15) is 23.6 Å². The lowest BCUT2D eigenvalue weighted by molar-refractivity contribution is -0.117. The predicted octanol–water partition coefficient (Wildman–Crippen LogP) is 1.77. The van der Waals surface area contributed by atoms with Gasteiger partial charge in [0.25, 0.3) is 0 Å². The topological polar surface area (TPSA) is 46.2 Å². The molecule has 0 aliphatic rings. The van der Waals surface area contributed by atoms with Crippen LogP contribution in [0.3, 0.4) is 0 Å². The smallest absolute Gasteiger partial charge is 0.228 e. The number of hydrogen-bond donors (Lipinski definition) is 1. The molecule has 1 aromatic carbocycles. The first kappa shape index (κ1) is 11.9. The van der Waals surface area contributed by atoms with E-state index in [0.29, 0.717) is 4.90 Å². The monoisotopic (exact) mass is 225 g/mol. The van der Waals surface area contributed by atoms with Crippen LogP contribution in [0.15, 0.2) is 17.0 Å². The van der Waals surface area contributed by atoms with Gasteiger partial charge in [-0.15, -0.1) is 0 Å². The van der Waals surface area contributed by atoms with Crippen LogP contribution >= 0.6 is 0 Å². The van der Waals surface area contributed by atoms with E-state index in [1.165, 1.54) is 6.92 Å². The Labute approximate surface area is 92.5 Å².